The van der Waals surface area contributed by atoms with E-state index in [2.05, 4.69) is 17.6 Å². The Kier molecular flexibility index (Phi) is 3.97. The smallest absolute Gasteiger partial charge is 0.251 e. The van der Waals surface area contributed by atoms with E-state index in [-0.39, 0.29) is 23.8 Å². The molecule has 18 heavy (non-hydrogen) atoms. The van der Waals surface area contributed by atoms with Crippen molar-refractivity contribution in [2.24, 2.45) is 0 Å². The van der Waals surface area contributed by atoms with Gasteiger partial charge in [-0.3, -0.25) is 4.79 Å². The number of nitrogens with one attached hydrogen (secondary N) is 2. The maximum Gasteiger partial charge on any atom is 0.251 e. The van der Waals surface area contributed by atoms with E-state index < -0.39 is 0 Å². The number of piperidine rings is 1. The van der Waals surface area contributed by atoms with Crippen molar-refractivity contribution < 1.29 is 9.18 Å². The van der Waals surface area contributed by atoms with Crippen LogP contribution in [-0.2, 0) is 0 Å². The predicted molar refractivity (Wildman–Crippen MR) is 69.1 cm³/mol. The van der Waals surface area contributed by atoms with Gasteiger partial charge in [-0.25, -0.2) is 4.39 Å². The van der Waals surface area contributed by atoms with Crippen LogP contribution in [0.2, 0.25) is 0 Å². The zero-order valence-electron chi connectivity index (χ0n) is 10.8. The summed E-state index contributed by atoms with van der Waals surface area (Å²) in [4.78, 5) is 12.1. The Labute approximate surface area is 107 Å². The average Bonchev–Trinajstić information content (AvgIpc) is 2.35. The second-order valence-electron chi connectivity index (χ2n) is 4.92. The molecule has 1 aromatic rings. The van der Waals surface area contributed by atoms with Gasteiger partial charge in [0.25, 0.3) is 5.91 Å². The summed E-state index contributed by atoms with van der Waals surface area (Å²) < 4.78 is 13.2. The van der Waals surface area contributed by atoms with Gasteiger partial charge in [0.1, 0.15) is 5.82 Å². The lowest BCUT2D eigenvalue weighted by molar-refractivity contribution is 0.0919. The first-order valence-electron chi connectivity index (χ1n) is 6.38. The Bertz CT molecular complexity index is 447. The molecule has 1 aliphatic heterocycles. The van der Waals surface area contributed by atoms with Gasteiger partial charge in [-0.1, -0.05) is 6.07 Å². The van der Waals surface area contributed by atoms with E-state index in [1.807, 2.05) is 6.92 Å². The number of halogens is 1. The minimum atomic E-state index is -0.374. The molecular weight excluding hydrogens is 231 g/mol. The molecule has 0 aliphatic carbocycles. The number of benzene rings is 1. The molecule has 0 aromatic heterocycles. The highest BCUT2D eigenvalue weighted by molar-refractivity contribution is 5.95. The Morgan fingerprint density at radius 1 is 1.50 bits per heavy atom. The topological polar surface area (TPSA) is 41.1 Å². The molecule has 0 unspecified atom stereocenters. The van der Waals surface area contributed by atoms with E-state index in [0.717, 1.165) is 24.9 Å². The SMILES string of the molecule is Cc1ccc(F)cc1C(=O)N[C@@H]1CCCN[C@@H]1C. The van der Waals surface area contributed by atoms with E-state index in [0.29, 0.717) is 5.56 Å². The van der Waals surface area contributed by atoms with Crippen molar-refractivity contribution in [3.8, 4) is 0 Å². The molecule has 0 radical (unpaired) electrons. The molecule has 98 valence electrons. The number of aryl methyl sites for hydroxylation is 1. The summed E-state index contributed by atoms with van der Waals surface area (Å²) in [5, 5.41) is 6.31. The lowest BCUT2D eigenvalue weighted by atomic mass is 9.99. The maximum atomic E-state index is 13.2. The molecular formula is C14H19FN2O. The fourth-order valence-electron chi connectivity index (χ4n) is 2.33. The van der Waals surface area contributed by atoms with Crippen LogP contribution in [0.3, 0.4) is 0 Å². The highest BCUT2D eigenvalue weighted by Crippen LogP contribution is 2.13. The van der Waals surface area contributed by atoms with E-state index in [1.165, 1.54) is 12.1 Å². The molecule has 1 saturated heterocycles. The molecule has 2 N–H and O–H groups in total. The molecule has 1 heterocycles. The van der Waals surface area contributed by atoms with E-state index in [9.17, 15) is 9.18 Å². The van der Waals surface area contributed by atoms with Gasteiger partial charge in [-0.2, -0.15) is 0 Å². The minimum Gasteiger partial charge on any atom is -0.348 e. The first-order valence-corrected chi connectivity index (χ1v) is 6.38. The number of hydrogen-bond acceptors (Lipinski definition) is 2. The van der Waals surface area contributed by atoms with Gasteiger partial charge in [0.05, 0.1) is 0 Å². The number of carbonyl (C=O) groups is 1. The van der Waals surface area contributed by atoms with Crippen molar-refractivity contribution in [2.45, 2.75) is 38.8 Å². The first kappa shape index (κ1) is 13.0. The molecule has 1 aromatic carbocycles. The van der Waals surface area contributed by atoms with Crippen LogP contribution in [0.5, 0.6) is 0 Å². The summed E-state index contributed by atoms with van der Waals surface area (Å²) in [5.41, 5.74) is 1.22. The Hall–Kier alpha value is -1.42. The summed E-state index contributed by atoms with van der Waals surface area (Å²) in [6.45, 7) is 4.87. The molecule has 1 fully saturated rings. The molecule has 0 bridgehead atoms. The number of amides is 1. The summed E-state index contributed by atoms with van der Waals surface area (Å²) >= 11 is 0. The molecule has 0 spiro atoms. The van der Waals surface area contributed by atoms with Crippen molar-refractivity contribution in [3.05, 3.63) is 35.1 Å². The van der Waals surface area contributed by atoms with Gasteiger partial charge in [0.15, 0.2) is 0 Å². The molecule has 0 saturated carbocycles. The summed E-state index contributed by atoms with van der Waals surface area (Å²) in [5.74, 6) is -0.562. The van der Waals surface area contributed by atoms with Gasteiger partial charge in [0, 0.05) is 17.6 Å². The van der Waals surface area contributed by atoms with E-state index >= 15 is 0 Å². The van der Waals surface area contributed by atoms with Crippen molar-refractivity contribution in [2.75, 3.05) is 6.54 Å². The lowest BCUT2D eigenvalue weighted by Crippen LogP contribution is -2.52. The van der Waals surface area contributed by atoms with Gasteiger partial charge < -0.3 is 10.6 Å². The molecule has 1 amide bonds. The summed E-state index contributed by atoms with van der Waals surface area (Å²) in [7, 11) is 0. The highest BCUT2D eigenvalue weighted by Gasteiger charge is 2.23. The van der Waals surface area contributed by atoms with Gasteiger partial charge in [0.2, 0.25) is 0 Å². The second-order valence-corrected chi connectivity index (χ2v) is 4.92. The fraction of sp³-hybridized carbons (Fsp3) is 0.500. The van der Waals surface area contributed by atoms with Gasteiger partial charge in [-0.15, -0.1) is 0 Å². The standard InChI is InChI=1S/C14H19FN2O/c1-9-5-6-11(15)8-12(9)14(18)17-13-4-3-7-16-10(13)2/h5-6,8,10,13,16H,3-4,7H2,1-2H3,(H,17,18)/t10-,13-/m1/s1. The third-order valence-electron chi connectivity index (χ3n) is 3.52. The monoisotopic (exact) mass is 250 g/mol. The zero-order valence-corrected chi connectivity index (χ0v) is 10.8. The third-order valence-corrected chi connectivity index (χ3v) is 3.52. The second kappa shape index (κ2) is 5.48. The summed E-state index contributed by atoms with van der Waals surface area (Å²) in [6.07, 6.45) is 2.02. The van der Waals surface area contributed by atoms with Crippen LogP contribution in [0.4, 0.5) is 4.39 Å². The molecule has 2 atom stereocenters. The lowest BCUT2D eigenvalue weighted by Gasteiger charge is -2.30. The molecule has 3 nitrogen and oxygen atoms in total. The van der Waals surface area contributed by atoms with Crippen molar-refractivity contribution in [1.29, 1.82) is 0 Å². The Morgan fingerprint density at radius 3 is 3.00 bits per heavy atom. The highest BCUT2D eigenvalue weighted by atomic mass is 19.1. The van der Waals surface area contributed by atoms with Crippen LogP contribution in [0, 0.1) is 12.7 Å². The van der Waals surface area contributed by atoms with Crippen molar-refractivity contribution >= 4 is 5.91 Å². The van der Waals surface area contributed by atoms with Gasteiger partial charge in [-0.05, 0) is 50.9 Å². The number of hydrogen-bond donors (Lipinski definition) is 2. The van der Waals surface area contributed by atoms with E-state index in [4.69, 9.17) is 0 Å². The number of carbonyl (C=O) groups excluding carboxylic acids is 1. The number of rotatable bonds is 2. The van der Waals surface area contributed by atoms with Crippen molar-refractivity contribution in [3.63, 3.8) is 0 Å². The fourth-order valence-corrected chi connectivity index (χ4v) is 2.33. The molecule has 4 heteroatoms. The van der Waals surface area contributed by atoms with Crippen LogP contribution < -0.4 is 10.6 Å². The Balaban J connectivity index is 2.09. The predicted octanol–water partition coefficient (Wildman–Crippen LogP) is 2.00. The molecule has 1 aliphatic rings. The van der Waals surface area contributed by atoms with Crippen molar-refractivity contribution in [1.82, 2.24) is 10.6 Å². The molecule has 2 rings (SSSR count). The van der Waals surface area contributed by atoms with Crippen LogP contribution in [0.1, 0.15) is 35.7 Å². The largest absolute Gasteiger partial charge is 0.348 e. The van der Waals surface area contributed by atoms with Crippen LogP contribution in [-0.4, -0.2) is 24.5 Å². The normalized spacial score (nSPS) is 23.7. The van der Waals surface area contributed by atoms with Crippen LogP contribution in [0.15, 0.2) is 18.2 Å². The van der Waals surface area contributed by atoms with Gasteiger partial charge >= 0.3 is 0 Å². The minimum absolute atomic E-state index is 0.119. The third kappa shape index (κ3) is 2.88. The zero-order chi connectivity index (χ0) is 13.1. The van der Waals surface area contributed by atoms with Crippen LogP contribution in [0.25, 0.3) is 0 Å². The Morgan fingerprint density at radius 2 is 2.28 bits per heavy atom. The van der Waals surface area contributed by atoms with Crippen LogP contribution >= 0.6 is 0 Å². The maximum absolute atomic E-state index is 13.2. The first-order chi connectivity index (χ1) is 8.58. The average molecular weight is 250 g/mol. The summed E-state index contributed by atoms with van der Waals surface area (Å²) in [6, 6.07) is 4.68. The van der Waals surface area contributed by atoms with E-state index in [1.54, 1.807) is 6.07 Å². The quantitative estimate of drug-likeness (QED) is 0.843.